The second kappa shape index (κ2) is 3.80. The van der Waals surface area contributed by atoms with E-state index in [1.165, 1.54) is 0 Å². The van der Waals surface area contributed by atoms with Gasteiger partial charge in [-0.2, -0.15) is 0 Å². The van der Waals surface area contributed by atoms with Gasteiger partial charge in [0.2, 0.25) is 0 Å². The highest BCUT2D eigenvalue weighted by Crippen LogP contribution is 2.19. The summed E-state index contributed by atoms with van der Waals surface area (Å²) >= 11 is 0. The second-order valence-electron chi connectivity index (χ2n) is 2.72. The van der Waals surface area contributed by atoms with Crippen molar-refractivity contribution in [3.63, 3.8) is 0 Å². The molecular formula is C9H13N3O. The number of carbonyl (C=O) groups excluding carboxylic acids is 1. The van der Waals surface area contributed by atoms with Crippen molar-refractivity contribution in [1.29, 1.82) is 0 Å². The molecular weight excluding hydrogens is 166 g/mol. The van der Waals surface area contributed by atoms with Gasteiger partial charge in [0.1, 0.15) is 0 Å². The molecule has 4 N–H and O–H groups in total. The summed E-state index contributed by atoms with van der Waals surface area (Å²) in [5.41, 5.74) is 7.96. The predicted octanol–water partition coefficient (Wildman–Crippen LogP) is 1.33. The Kier molecular flexibility index (Phi) is 2.74. The van der Waals surface area contributed by atoms with Gasteiger partial charge >= 0.3 is 6.03 Å². The highest BCUT2D eigenvalue weighted by Gasteiger charge is 2.03. The number of nitrogens with one attached hydrogen (secondary N) is 2. The number of carbonyl (C=O) groups is 1. The molecule has 70 valence electrons. The Hall–Kier alpha value is -1.71. The third-order valence-corrected chi connectivity index (χ3v) is 1.85. The zero-order chi connectivity index (χ0) is 9.84. The number of amides is 2. The molecule has 0 aliphatic rings. The minimum Gasteiger partial charge on any atom is -0.398 e. The Bertz CT molecular complexity index is 323. The average molecular weight is 179 g/mol. The van der Waals surface area contributed by atoms with E-state index >= 15 is 0 Å². The lowest BCUT2D eigenvalue weighted by molar-refractivity contribution is 0.254. The number of nitrogen functional groups attached to an aromatic ring is 1. The largest absolute Gasteiger partial charge is 0.398 e. The lowest BCUT2D eigenvalue weighted by Crippen LogP contribution is -2.24. The number of benzene rings is 1. The minimum absolute atomic E-state index is 0.242. The zero-order valence-corrected chi connectivity index (χ0v) is 7.72. The summed E-state index contributed by atoms with van der Waals surface area (Å²) in [6, 6.07) is 5.16. The molecule has 1 aromatic rings. The van der Waals surface area contributed by atoms with Gasteiger partial charge in [0.15, 0.2) is 0 Å². The molecule has 4 heteroatoms. The van der Waals surface area contributed by atoms with Crippen molar-refractivity contribution in [3.05, 3.63) is 23.8 Å². The summed E-state index contributed by atoms with van der Waals surface area (Å²) in [5.74, 6) is 0. The van der Waals surface area contributed by atoms with Crippen LogP contribution in [0.3, 0.4) is 0 Å². The molecule has 0 aliphatic carbocycles. The Labute approximate surface area is 77.1 Å². The predicted molar refractivity (Wildman–Crippen MR) is 53.7 cm³/mol. The van der Waals surface area contributed by atoms with Crippen LogP contribution in [-0.4, -0.2) is 13.1 Å². The van der Waals surface area contributed by atoms with Crippen LogP contribution in [0, 0.1) is 6.92 Å². The maximum absolute atomic E-state index is 11.0. The van der Waals surface area contributed by atoms with Crippen molar-refractivity contribution in [2.24, 2.45) is 0 Å². The number of hydrogen-bond acceptors (Lipinski definition) is 2. The minimum atomic E-state index is -0.242. The molecule has 0 unspecified atom stereocenters. The molecule has 0 fully saturated rings. The Morgan fingerprint density at radius 3 is 2.77 bits per heavy atom. The lowest BCUT2D eigenvalue weighted by Gasteiger charge is -2.08. The summed E-state index contributed by atoms with van der Waals surface area (Å²) < 4.78 is 0. The maximum atomic E-state index is 11.0. The van der Waals surface area contributed by atoms with Crippen LogP contribution in [0.5, 0.6) is 0 Å². The third kappa shape index (κ3) is 2.11. The van der Waals surface area contributed by atoms with Crippen molar-refractivity contribution >= 4 is 17.4 Å². The summed E-state index contributed by atoms with van der Waals surface area (Å²) in [6.07, 6.45) is 0. The average Bonchev–Trinajstić information content (AvgIpc) is 2.13. The van der Waals surface area contributed by atoms with Gasteiger partial charge in [-0.3, -0.25) is 0 Å². The Morgan fingerprint density at radius 1 is 1.46 bits per heavy atom. The van der Waals surface area contributed by atoms with Crippen molar-refractivity contribution in [2.45, 2.75) is 6.92 Å². The molecule has 0 heterocycles. The Balaban J connectivity index is 2.89. The molecule has 1 aromatic carbocycles. The van der Waals surface area contributed by atoms with E-state index in [1.807, 2.05) is 6.92 Å². The van der Waals surface area contributed by atoms with E-state index in [4.69, 9.17) is 5.73 Å². The molecule has 0 spiro atoms. The number of hydrogen-bond donors (Lipinski definition) is 3. The first kappa shape index (κ1) is 9.38. The number of urea groups is 1. The summed E-state index contributed by atoms with van der Waals surface area (Å²) in [7, 11) is 1.57. The summed E-state index contributed by atoms with van der Waals surface area (Å²) in [5, 5.41) is 5.14. The highest BCUT2D eigenvalue weighted by atomic mass is 16.2. The SMILES string of the molecule is CNC(=O)Nc1cccc(N)c1C. The second-order valence-corrected chi connectivity index (χ2v) is 2.72. The topological polar surface area (TPSA) is 67.2 Å². The standard InChI is InChI=1S/C9H13N3O/c1-6-7(10)4-3-5-8(6)12-9(13)11-2/h3-5H,10H2,1-2H3,(H2,11,12,13). The first-order valence-corrected chi connectivity index (χ1v) is 3.99. The van der Waals surface area contributed by atoms with E-state index in [-0.39, 0.29) is 6.03 Å². The van der Waals surface area contributed by atoms with Gasteiger partial charge < -0.3 is 16.4 Å². The van der Waals surface area contributed by atoms with Gasteiger partial charge in [-0.15, -0.1) is 0 Å². The van der Waals surface area contributed by atoms with Crippen molar-refractivity contribution in [2.75, 3.05) is 18.1 Å². The van der Waals surface area contributed by atoms with Crippen LogP contribution < -0.4 is 16.4 Å². The summed E-state index contributed by atoms with van der Waals surface area (Å²) in [4.78, 5) is 11.0. The molecule has 13 heavy (non-hydrogen) atoms. The van der Waals surface area contributed by atoms with Crippen molar-refractivity contribution in [1.82, 2.24) is 5.32 Å². The molecule has 4 nitrogen and oxygen atoms in total. The van der Waals surface area contributed by atoms with Crippen LogP contribution >= 0.6 is 0 Å². The molecule has 0 aliphatic heterocycles. The first-order chi connectivity index (χ1) is 6.15. The van der Waals surface area contributed by atoms with E-state index < -0.39 is 0 Å². The fourth-order valence-corrected chi connectivity index (χ4v) is 0.974. The van der Waals surface area contributed by atoms with Gasteiger partial charge in [0.25, 0.3) is 0 Å². The highest BCUT2D eigenvalue weighted by molar-refractivity contribution is 5.90. The fourth-order valence-electron chi connectivity index (χ4n) is 0.974. The smallest absolute Gasteiger partial charge is 0.318 e. The van der Waals surface area contributed by atoms with E-state index in [9.17, 15) is 4.79 Å². The number of nitrogens with two attached hydrogens (primary N) is 1. The maximum Gasteiger partial charge on any atom is 0.318 e. The van der Waals surface area contributed by atoms with Crippen LogP contribution in [0.1, 0.15) is 5.56 Å². The fraction of sp³-hybridized carbons (Fsp3) is 0.222. The van der Waals surface area contributed by atoms with E-state index in [0.29, 0.717) is 5.69 Å². The van der Waals surface area contributed by atoms with Crippen LogP contribution in [0.15, 0.2) is 18.2 Å². The third-order valence-electron chi connectivity index (χ3n) is 1.85. The Morgan fingerprint density at radius 2 is 2.15 bits per heavy atom. The molecule has 2 amide bonds. The molecule has 1 rings (SSSR count). The van der Waals surface area contributed by atoms with E-state index in [0.717, 1.165) is 11.3 Å². The summed E-state index contributed by atoms with van der Waals surface area (Å²) in [6.45, 7) is 1.86. The van der Waals surface area contributed by atoms with E-state index in [2.05, 4.69) is 10.6 Å². The van der Waals surface area contributed by atoms with E-state index in [1.54, 1.807) is 25.2 Å². The molecule has 0 bridgehead atoms. The monoisotopic (exact) mass is 179 g/mol. The quantitative estimate of drug-likeness (QED) is 0.569. The van der Waals surface area contributed by atoms with Crippen LogP contribution in [0.4, 0.5) is 16.2 Å². The molecule has 0 radical (unpaired) electrons. The molecule has 0 aromatic heterocycles. The number of rotatable bonds is 1. The van der Waals surface area contributed by atoms with Crippen LogP contribution in [0.25, 0.3) is 0 Å². The molecule has 0 saturated heterocycles. The first-order valence-electron chi connectivity index (χ1n) is 3.99. The molecule has 0 atom stereocenters. The lowest BCUT2D eigenvalue weighted by atomic mass is 10.1. The van der Waals surface area contributed by atoms with Crippen molar-refractivity contribution in [3.8, 4) is 0 Å². The van der Waals surface area contributed by atoms with Gasteiger partial charge in [-0.1, -0.05) is 6.07 Å². The van der Waals surface area contributed by atoms with Gasteiger partial charge in [-0.25, -0.2) is 4.79 Å². The van der Waals surface area contributed by atoms with Crippen LogP contribution in [-0.2, 0) is 0 Å². The van der Waals surface area contributed by atoms with Crippen molar-refractivity contribution < 1.29 is 4.79 Å². The molecule has 0 saturated carbocycles. The van der Waals surface area contributed by atoms with Crippen LogP contribution in [0.2, 0.25) is 0 Å². The van der Waals surface area contributed by atoms with Gasteiger partial charge in [0, 0.05) is 18.4 Å². The van der Waals surface area contributed by atoms with Gasteiger partial charge in [-0.05, 0) is 24.6 Å². The van der Waals surface area contributed by atoms with Gasteiger partial charge in [0.05, 0.1) is 0 Å². The zero-order valence-electron chi connectivity index (χ0n) is 7.72. The number of anilines is 2. The normalized spacial score (nSPS) is 9.38.